The number of carbonyl (C=O) groups is 1. The van der Waals surface area contributed by atoms with Crippen LogP contribution in [0, 0.1) is 0 Å². The Bertz CT molecular complexity index is 705. The lowest BCUT2D eigenvalue weighted by Gasteiger charge is -2.35. The Kier molecular flexibility index (Phi) is 5.28. The molecule has 1 amide bonds. The molecule has 0 saturated carbocycles. The quantitative estimate of drug-likeness (QED) is 0.813. The van der Waals surface area contributed by atoms with Crippen LogP contribution in [0.15, 0.2) is 22.9 Å². The van der Waals surface area contributed by atoms with E-state index in [1.165, 1.54) is 7.11 Å². The lowest BCUT2D eigenvalue weighted by Crippen LogP contribution is -2.49. The van der Waals surface area contributed by atoms with Gasteiger partial charge < -0.3 is 19.1 Å². The molecule has 1 fully saturated rings. The number of methoxy groups -OCH3 is 1. The molecule has 0 spiro atoms. The first-order valence-electron chi connectivity index (χ1n) is 8.40. The van der Waals surface area contributed by atoms with Gasteiger partial charge in [-0.1, -0.05) is 19.0 Å². The summed E-state index contributed by atoms with van der Waals surface area (Å²) in [7, 11) is 1.54. The number of hydrogen-bond donors (Lipinski definition) is 0. The average Bonchev–Trinajstić information content (AvgIpc) is 3.13. The minimum atomic E-state index is 0.0310. The fraction of sp³-hybridized carbons (Fsp3) is 0.529. The van der Waals surface area contributed by atoms with Crippen LogP contribution in [0.1, 0.15) is 25.7 Å². The number of carbonyl (C=O) groups excluding carboxylic acids is 1. The highest BCUT2D eigenvalue weighted by molar-refractivity contribution is 5.77. The molecule has 8 heteroatoms. The van der Waals surface area contributed by atoms with Gasteiger partial charge in [0.2, 0.25) is 17.6 Å². The third-order valence-corrected chi connectivity index (χ3v) is 4.17. The summed E-state index contributed by atoms with van der Waals surface area (Å²) in [4.78, 5) is 24.7. The molecule has 1 aliphatic rings. The minimum Gasteiger partial charge on any atom is -0.375 e. The lowest BCUT2D eigenvalue weighted by molar-refractivity contribution is -0.135. The summed E-state index contributed by atoms with van der Waals surface area (Å²) in [5, 5.41) is 4.00. The highest BCUT2D eigenvalue weighted by Gasteiger charge is 2.21. The van der Waals surface area contributed by atoms with E-state index < -0.39 is 0 Å². The van der Waals surface area contributed by atoms with E-state index in [9.17, 15) is 4.79 Å². The molecule has 0 N–H and O–H groups in total. The van der Waals surface area contributed by atoms with Crippen molar-refractivity contribution in [2.24, 2.45) is 0 Å². The topological polar surface area (TPSA) is 84.6 Å². The maximum absolute atomic E-state index is 11.8. The molecule has 3 heterocycles. The number of hydrogen-bond acceptors (Lipinski definition) is 7. The van der Waals surface area contributed by atoms with Gasteiger partial charge in [0.15, 0.2) is 0 Å². The number of rotatable bonds is 5. The number of pyridine rings is 1. The van der Waals surface area contributed by atoms with Crippen LogP contribution in [-0.2, 0) is 9.53 Å². The van der Waals surface area contributed by atoms with Gasteiger partial charge >= 0.3 is 0 Å². The summed E-state index contributed by atoms with van der Waals surface area (Å²) in [5.74, 6) is 2.29. The predicted molar refractivity (Wildman–Crippen MR) is 92.3 cm³/mol. The van der Waals surface area contributed by atoms with Crippen molar-refractivity contribution < 1.29 is 14.1 Å². The summed E-state index contributed by atoms with van der Waals surface area (Å²) >= 11 is 0. The second kappa shape index (κ2) is 7.60. The van der Waals surface area contributed by atoms with Crippen molar-refractivity contribution in [3.8, 4) is 11.4 Å². The highest BCUT2D eigenvalue weighted by Crippen LogP contribution is 2.21. The maximum Gasteiger partial charge on any atom is 0.248 e. The van der Waals surface area contributed by atoms with E-state index in [0.29, 0.717) is 24.8 Å². The first-order chi connectivity index (χ1) is 12.1. The number of nitrogens with zero attached hydrogens (tertiary/aromatic N) is 5. The molecule has 1 aliphatic heterocycles. The predicted octanol–water partition coefficient (Wildman–Crippen LogP) is 1.55. The number of aromatic nitrogens is 3. The zero-order valence-electron chi connectivity index (χ0n) is 14.8. The average molecular weight is 345 g/mol. The first-order valence-corrected chi connectivity index (χ1v) is 8.40. The Hall–Kier alpha value is -2.48. The molecular weight excluding hydrogens is 322 g/mol. The Balaban J connectivity index is 1.62. The van der Waals surface area contributed by atoms with E-state index in [2.05, 4.69) is 20.0 Å². The van der Waals surface area contributed by atoms with Crippen LogP contribution >= 0.6 is 0 Å². The van der Waals surface area contributed by atoms with Crippen molar-refractivity contribution in [2.75, 3.05) is 44.8 Å². The monoisotopic (exact) mass is 345 g/mol. The Labute approximate surface area is 146 Å². The summed E-state index contributed by atoms with van der Waals surface area (Å²) in [6.07, 6.45) is 1.76. The van der Waals surface area contributed by atoms with E-state index in [1.807, 2.05) is 30.9 Å². The number of ether oxygens (including phenoxy) is 1. The van der Waals surface area contributed by atoms with Crippen molar-refractivity contribution in [1.29, 1.82) is 0 Å². The van der Waals surface area contributed by atoms with E-state index in [-0.39, 0.29) is 18.4 Å². The van der Waals surface area contributed by atoms with Crippen LogP contribution in [0.5, 0.6) is 0 Å². The van der Waals surface area contributed by atoms with Crippen LogP contribution in [0.3, 0.4) is 0 Å². The van der Waals surface area contributed by atoms with E-state index in [0.717, 1.165) is 24.5 Å². The Morgan fingerprint density at radius 1 is 1.28 bits per heavy atom. The normalized spacial score (nSPS) is 15.0. The Morgan fingerprint density at radius 3 is 2.60 bits per heavy atom. The van der Waals surface area contributed by atoms with Crippen LogP contribution in [-0.4, -0.2) is 65.8 Å². The van der Waals surface area contributed by atoms with Gasteiger partial charge in [0.1, 0.15) is 12.4 Å². The second-order valence-corrected chi connectivity index (χ2v) is 6.32. The molecular formula is C17H23N5O3. The summed E-state index contributed by atoms with van der Waals surface area (Å²) < 4.78 is 10.1. The van der Waals surface area contributed by atoms with Gasteiger partial charge in [0.05, 0.1) is 0 Å². The fourth-order valence-corrected chi connectivity index (χ4v) is 2.69. The molecule has 0 bridgehead atoms. The number of piperazine rings is 1. The van der Waals surface area contributed by atoms with Crippen LogP contribution in [0.2, 0.25) is 0 Å². The lowest BCUT2D eigenvalue weighted by atomic mass is 10.2. The molecule has 3 rings (SSSR count). The molecule has 2 aromatic rings. The fourth-order valence-electron chi connectivity index (χ4n) is 2.69. The highest BCUT2D eigenvalue weighted by atomic mass is 16.5. The van der Waals surface area contributed by atoms with Crippen molar-refractivity contribution in [3.05, 3.63) is 24.2 Å². The number of anilines is 1. The van der Waals surface area contributed by atoms with Crippen molar-refractivity contribution >= 4 is 11.7 Å². The summed E-state index contributed by atoms with van der Waals surface area (Å²) in [6.45, 7) is 7.01. The summed E-state index contributed by atoms with van der Waals surface area (Å²) in [6, 6.07) is 3.90. The van der Waals surface area contributed by atoms with Crippen molar-refractivity contribution in [2.45, 2.75) is 19.8 Å². The van der Waals surface area contributed by atoms with E-state index in [1.54, 1.807) is 6.20 Å². The maximum atomic E-state index is 11.8. The third-order valence-electron chi connectivity index (χ3n) is 4.17. The molecule has 25 heavy (non-hydrogen) atoms. The molecule has 134 valence electrons. The largest absolute Gasteiger partial charge is 0.375 e. The van der Waals surface area contributed by atoms with Crippen molar-refractivity contribution in [3.63, 3.8) is 0 Å². The molecule has 2 aromatic heterocycles. The zero-order valence-corrected chi connectivity index (χ0v) is 14.8. The molecule has 0 radical (unpaired) electrons. The van der Waals surface area contributed by atoms with E-state index >= 15 is 0 Å². The van der Waals surface area contributed by atoms with Crippen LogP contribution in [0.4, 0.5) is 5.82 Å². The third kappa shape index (κ3) is 3.96. The van der Waals surface area contributed by atoms with Gasteiger partial charge in [0.25, 0.3) is 0 Å². The molecule has 1 saturated heterocycles. The second-order valence-electron chi connectivity index (χ2n) is 6.32. The molecule has 0 aromatic carbocycles. The minimum absolute atomic E-state index is 0.0310. The van der Waals surface area contributed by atoms with Gasteiger partial charge in [-0.3, -0.25) is 4.79 Å². The molecule has 0 atom stereocenters. The Morgan fingerprint density at radius 2 is 2.04 bits per heavy atom. The smallest absolute Gasteiger partial charge is 0.248 e. The zero-order chi connectivity index (χ0) is 17.8. The molecule has 0 aliphatic carbocycles. The van der Waals surface area contributed by atoms with Crippen LogP contribution in [0.25, 0.3) is 11.4 Å². The van der Waals surface area contributed by atoms with Crippen LogP contribution < -0.4 is 4.90 Å². The van der Waals surface area contributed by atoms with Gasteiger partial charge in [0, 0.05) is 51.0 Å². The van der Waals surface area contributed by atoms with Gasteiger partial charge in [-0.25, -0.2) is 4.98 Å². The van der Waals surface area contributed by atoms with Gasteiger partial charge in [-0.15, -0.1) is 0 Å². The van der Waals surface area contributed by atoms with Crippen molar-refractivity contribution in [1.82, 2.24) is 20.0 Å². The molecule has 8 nitrogen and oxygen atoms in total. The molecule has 0 unspecified atom stereocenters. The standard InChI is InChI=1S/C17H23N5O3/c1-12(2)17-19-16(20-25-17)13-4-5-14(18-10-13)21-6-8-22(9-7-21)15(23)11-24-3/h4-5,10,12H,6-9,11H2,1-3H3. The summed E-state index contributed by atoms with van der Waals surface area (Å²) in [5.41, 5.74) is 0.827. The first kappa shape index (κ1) is 17.3. The number of amides is 1. The van der Waals surface area contributed by atoms with Gasteiger partial charge in [-0.05, 0) is 12.1 Å². The van der Waals surface area contributed by atoms with Gasteiger partial charge in [-0.2, -0.15) is 4.98 Å². The van der Waals surface area contributed by atoms with E-state index in [4.69, 9.17) is 9.26 Å². The SMILES string of the molecule is COCC(=O)N1CCN(c2ccc(-c3noc(C(C)C)n3)cn2)CC1.